The minimum Gasteiger partial charge on any atom is -0.571 e. The van der Waals surface area contributed by atoms with Crippen LogP contribution in [0.2, 0.25) is 0 Å². The van der Waals surface area contributed by atoms with Crippen LogP contribution in [0, 0.1) is 0 Å². The topological polar surface area (TPSA) is 410 Å². The van der Waals surface area contributed by atoms with Crippen LogP contribution in [0.1, 0.15) is 24.2 Å². The molecule has 21 atom stereocenters. The summed E-state index contributed by atoms with van der Waals surface area (Å²) in [5, 5.41) is 167. The van der Waals surface area contributed by atoms with Gasteiger partial charge >= 0.3 is 0 Å². The molecule has 0 radical (unpaired) electrons. The standard InChI is InChI=1S/C39H52O25/c1-11-23(44)27(48)31(52)36(57-11)56-10-22-26(47)30(51)34(55)39(64-22)61-19-7-14-16(5-13(42)6-17(14)59-37-32(53)28(49)24(45)20(8-40)62-37)58-35(19)12-2-3-15(43)18(4-12)60-38-33(54)29(50)25(46)21(9-41)63-38/h2-7,11,20-55H,8-10H2,1H3/p+1/t11-,20+,21-,22+,23-,24+,25+,26+,27-,28-,29-,30+,31+,32+,33+,34+,35?,36+,37+,38+,39+/m0/s1. The van der Waals surface area contributed by atoms with E-state index in [0.717, 1.165) is 12.1 Å². The van der Waals surface area contributed by atoms with E-state index in [1.54, 1.807) is 0 Å². The zero-order valence-corrected chi connectivity index (χ0v) is 33.6. The van der Waals surface area contributed by atoms with Crippen molar-refractivity contribution in [1.29, 1.82) is 0 Å². The first-order valence-electron chi connectivity index (χ1n) is 20.1. The van der Waals surface area contributed by atoms with Gasteiger partial charge in [0.2, 0.25) is 18.9 Å². The maximum Gasteiger partial charge on any atom is 0.270 e. The van der Waals surface area contributed by atoms with E-state index in [2.05, 4.69) is 4.74 Å². The molecule has 25 nitrogen and oxygen atoms in total. The molecule has 4 saturated heterocycles. The van der Waals surface area contributed by atoms with Crippen molar-refractivity contribution in [2.75, 3.05) is 19.8 Å². The first-order valence-corrected chi connectivity index (χ1v) is 20.1. The summed E-state index contributed by atoms with van der Waals surface area (Å²) in [5.41, 5.74) is 0.0831. The molecule has 5 aliphatic heterocycles. The summed E-state index contributed by atoms with van der Waals surface area (Å²) < 4.78 is 50.2. The van der Waals surface area contributed by atoms with E-state index in [4.69, 9.17) is 37.9 Å². The molecule has 0 spiro atoms. The highest BCUT2D eigenvalue weighted by Gasteiger charge is 2.50. The van der Waals surface area contributed by atoms with E-state index in [0.29, 0.717) is 0 Å². The van der Waals surface area contributed by atoms with Gasteiger partial charge in [0.25, 0.3) is 11.9 Å². The van der Waals surface area contributed by atoms with E-state index in [9.17, 15) is 81.7 Å². The van der Waals surface area contributed by atoms with Crippen molar-refractivity contribution in [2.45, 2.75) is 136 Å². The fraction of sp³-hybridized carbons (Fsp3) is 0.641. The van der Waals surface area contributed by atoms with Gasteiger partial charge in [-0.1, -0.05) is 0 Å². The Hall–Kier alpha value is -3.78. The monoisotopic (exact) mass is 921 g/mol. The molecule has 2 aromatic rings. The van der Waals surface area contributed by atoms with E-state index >= 15 is 0 Å². The lowest BCUT2D eigenvalue weighted by molar-refractivity contribution is -0.325. The van der Waals surface area contributed by atoms with Crippen LogP contribution in [0.25, 0.3) is 6.08 Å². The SMILES string of the molecule is C[C@@H]1O[C@@H](OC[C@H]2O[C@@H](OC3=Cc4c(O[C@@H]5O[C@H](CO)[C@@H](O)[C@H](O)[C@H]5O)cc(O)cc4[OH+]C3c3ccc(O)c(O[C@@H]4O[C@@H](CO)[C@@H](O)[C@H](O)[C@H]4O)c3)[C@H](O)[C@H](O)[C@@H]2O)[C@H](O)[C@@H](O)[C@H]1O. The number of benzene rings is 2. The Labute approximate surface area is 361 Å². The van der Waals surface area contributed by atoms with Crippen molar-refractivity contribution in [2.24, 2.45) is 0 Å². The highest BCUT2D eigenvalue weighted by atomic mass is 16.7. The minimum atomic E-state index is -2.00. The van der Waals surface area contributed by atoms with E-state index in [1.807, 2.05) is 0 Å². The highest BCUT2D eigenvalue weighted by Crippen LogP contribution is 2.47. The molecule has 64 heavy (non-hydrogen) atoms. The Morgan fingerprint density at radius 3 is 1.61 bits per heavy atom. The Morgan fingerprint density at radius 2 is 1.03 bits per heavy atom. The fourth-order valence-electron chi connectivity index (χ4n) is 7.71. The third-order valence-corrected chi connectivity index (χ3v) is 11.6. The summed E-state index contributed by atoms with van der Waals surface area (Å²) in [7, 11) is 0. The highest BCUT2D eigenvalue weighted by molar-refractivity contribution is 5.70. The third-order valence-electron chi connectivity index (χ3n) is 11.6. The number of aliphatic hydroxyl groups excluding tert-OH is 14. The Kier molecular flexibility index (Phi) is 14.7. The number of hydrogen-bond acceptors (Lipinski definition) is 24. The second-order valence-corrected chi connectivity index (χ2v) is 16.0. The average molecular weight is 922 g/mol. The number of rotatable bonds is 12. The number of aliphatic hydroxyl groups is 15. The molecule has 7 rings (SSSR count). The van der Waals surface area contributed by atoms with Crippen LogP contribution in [0.4, 0.5) is 0 Å². The van der Waals surface area contributed by atoms with E-state index in [-0.39, 0.29) is 28.4 Å². The van der Waals surface area contributed by atoms with E-state index < -0.39 is 166 Å². The predicted octanol–water partition coefficient (Wildman–Crippen LogP) is -6.54. The van der Waals surface area contributed by atoms with Gasteiger partial charge < -0.3 is 124 Å². The molecule has 5 heterocycles. The summed E-state index contributed by atoms with van der Waals surface area (Å²) >= 11 is 0. The van der Waals surface area contributed by atoms with Gasteiger partial charge in [-0.3, -0.25) is 0 Å². The van der Waals surface area contributed by atoms with Gasteiger partial charge in [0, 0.05) is 12.1 Å². The van der Waals surface area contributed by atoms with Crippen molar-refractivity contribution in [3.8, 4) is 28.7 Å². The molecule has 0 amide bonds. The molecule has 0 aromatic heterocycles. The third kappa shape index (κ3) is 9.42. The smallest absolute Gasteiger partial charge is 0.270 e. The van der Waals surface area contributed by atoms with Gasteiger partial charge in [0.1, 0.15) is 109 Å². The molecule has 5 aliphatic rings. The number of hydrogen-bond donors (Lipinski definition) is 16. The zero-order chi connectivity index (χ0) is 46.5. The molecule has 2 aromatic carbocycles. The molecule has 4 fully saturated rings. The molecule has 0 bridgehead atoms. The van der Waals surface area contributed by atoms with Crippen LogP contribution in [0.5, 0.6) is 28.7 Å². The van der Waals surface area contributed by atoms with E-state index in [1.165, 1.54) is 31.2 Å². The lowest BCUT2D eigenvalue weighted by Gasteiger charge is -2.43. The quantitative estimate of drug-likeness (QED) is 0.0880. The normalized spacial score (nSPS) is 42.5. The number of ether oxygens (including phenoxy) is 9. The first kappa shape index (κ1) is 48.2. The van der Waals surface area contributed by atoms with Crippen LogP contribution in [0.15, 0.2) is 36.1 Å². The van der Waals surface area contributed by atoms with Gasteiger partial charge in [0.05, 0.1) is 37.6 Å². The molecule has 17 N–H and O–H groups in total. The van der Waals surface area contributed by atoms with Crippen molar-refractivity contribution in [3.05, 3.63) is 47.2 Å². The summed E-state index contributed by atoms with van der Waals surface area (Å²) in [5.74, 6) is -1.96. The summed E-state index contributed by atoms with van der Waals surface area (Å²) in [6, 6.07) is 5.89. The van der Waals surface area contributed by atoms with Crippen LogP contribution in [-0.4, -0.2) is 229 Å². The molecular formula is C39H53O25+. The van der Waals surface area contributed by atoms with Crippen molar-refractivity contribution in [1.82, 2.24) is 0 Å². The molecule has 25 heteroatoms. The lowest BCUT2D eigenvalue weighted by Crippen LogP contribution is -2.61. The summed E-state index contributed by atoms with van der Waals surface area (Å²) in [6.45, 7) is -0.815. The molecular weight excluding hydrogens is 868 g/mol. The van der Waals surface area contributed by atoms with Crippen molar-refractivity contribution < 1.29 is 124 Å². The molecule has 0 saturated carbocycles. The van der Waals surface area contributed by atoms with Crippen LogP contribution in [-0.2, 0) is 28.4 Å². The maximum atomic E-state index is 11.2. The Morgan fingerprint density at radius 1 is 0.531 bits per heavy atom. The van der Waals surface area contributed by atoms with Crippen molar-refractivity contribution in [3.63, 3.8) is 0 Å². The second kappa shape index (κ2) is 19.6. The lowest BCUT2D eigenvalue weighted by atomic mass is 9.98. The van der Waals surface area contributed by atoms with Crippen LogP contribution >= 0.6 is 0 Å². The maximum absolute atomic E-state index is 11.2. The minimum absolute atomic E-state index is 0.0124. The Balaban J connectivity index is 1.22. The second-order valence-electron chi connectivity index (χ2n) is 16.0. The predicted molar refractivity (Wildman–Crippen MR) is 203 cm³/mol. The van der Waals surface area contributed by atoms with Crippen LogP contribution in [0.3, 0.4) is 0 Å². The van der Waals surface area contributed by atoms with Crippen molar-refractivity contribution >= 4 is 6.08 Å². The fourth-order valence-corrected chi connectivity index (χ4v) is 7.71. The van der Waals surface area contributed by atoms with Gasteiger partial charge in [-0.2, -0.15) is 0 Å². The first-order chi connectivity index (χ1) is 30.3. The summed E-state index contributed by atoms with van der Waals surface area (Å²) in [4.78, 5) is 0. The van der Waals surface area contributed by atoms with Gasteiger partial charge in [0.15, 0.2) is 23.5 Å². The zero-order valence-electron chi connectivity index (χ0n) is 33.6. The number of phenols is 2. The van der Waals surface area contributed by atoms with Gasteiger partial charge in [-0.25, -0.2) is 0 Å². The number of fused-ring (bicyclic) bond motifs is 1. The molecule has 0 aliphatic carbocycles. The molecule has 1 unspecified atom stereocenters. The van der Waals surface area contributed by atoms with Gasteiger partial charge in [-0.15, -0.1) is 0 Å². The average Bonchev–Trinajstić information content (AvgIpc) is 3.27. The largest absolute Gasteiger partial charge is 0.571 e. The Bertz CT molecular complexity index is 1930. The van der Waals surface area contributed by atoms with Gasteiger partial charge in [-0.05, 0) is 25.1 Å². The number of phenolic OH excluding ortho intramolecular Hbond substituents is 2. The number of aromatic hydroxyl groups is 3. The van der Waals surface area contributed by atoms with Crippen LogP contribution < -0.4 is 9.47 Å². The summed E-state index contributed by atoms with van der Waals surface area (Å²) in [6.07, 6.45) is -33.9. The molecule has 358 valence electrons.